The molecule has 3 saturated heterocycles. The second kappa shape index (κ2) is 7.93. The third kappa shape index (κ3) is 3.40. The molecule has 4 aliphatic heterocycles. The fourth-order valence-electron chi connectivity index (χ4n) is 5.29. The summed E-state index contributed by atoms with van der Waals surface area (Å²) in [6.07, 6.45) is 4.79. The highest BCUT2D eigenvalue weighted by Gasteiger charge is 2.53. The Bertz CT molecular complexity index is 648. The van der Waals surface area contributed by atoms with Crippen molar-refractivity contribution >= 4 is 41.3 Å². The van der Waals surface area contributed by atoms with Crippen LogP contribution >= 0.6 is 35.3 Å². The highest BCUT2D eigenvalue weighted by molar-refractivity contribution is 14.0. The highest BCUT2D eigenvalue weighted by atomic mass is 127. The maximum Gasteiger partial charge on any atom is 0.193 e. The first-order valence-electron chi connectivity index (χ1n) is 9.70. The average molecular weight is 488 g/mol. The van der Waals surface area contributed by atoms with Gasteiger partial charge in [0.15, 0.2) is 5.96 Å². The van der Waals surface area contributed by atoms with Gasteiger partial charge in [-0.05, 0) is 36.3 Å². The summed E-state index contributed by atoms with van der Waals surface area (Å²) in [7, 11) is 1.92. The molecule has 4 unspecified atom stereocenters. The zero-order chi connectivity index (χ0) is 16.8. The van der Waals surface area contributed by atoms with Crippen LogP contribution in [0.3, 0.4) is 0 Å². The van der Waals surface area contributed by atoms with E-state index in [-0.39, 0.29) is 24.0 Å². The van der Waals surface area contributed by atoms with Crippen LogP contribution in [0, 0.1) is 11.8 Å². The molecular weight excluding hydrogens is 459 g/mol. The van der Waals surface area contributed by atoms with Crippen LogP contribution in [0.25, 0.3) is 0 Å². The molecule has 2 bridgehead atoms. The molecule has 0 spiro atoms. The Hall–Kier alpha value is -0.380. The maximum atomic E-state index is 6.09. The number of nitrogens with zero attached hydrogens (tertiary/aromatic N) is 3. The number of fused-ring (bicyclic) bond motifs is 6. The van der Waals surface area contributed by atoms with E-state index in [1.54, 1.807) is 4.88 Å². The van der Waals surface area contributed by atoms with E-state index in [0.717, 1.165) is 50.5 Å². The minimum absolute atomic E-state index is 0. The monoisotopic (exact) mass is 488 g/mol. The summed E-state index contributed by atoms with van der Waals surface area (Å²) >= 11 is 1.91. The SMILES string of the molecule is CN=C(NCCN1CCc2sccc2C1)N1CC2C3CCC(O3)C2C1.I. The standard InChI is InChI=1S/C19H28N4OS.HI/c1-20-19(23-11-14-15(12-23)17-3-2-16(14)24-17)21-6-8-22-7-4-18-13(10-22)5-9-25-18;/h5,9,14-17H,2-4,6-8,10-12H2,1H3,(H,20,21);1H. The Kier molecular flexibility index (Phi) is 5.78. The van der Waals surface area contributed by atoms with E-state index in [9.17, 15) is 0 Å². The second-order valence-electron chi connectivity index (χ2n) is 7.89. The lowest BCUT2D eigenvalue weighted by Gasteiger charge is -2.28. The van der Waals surface area contributed by atoms with Crippen LogP contribution in [0.5, 0.6) is 0 Å². The van der Waals surface area contributed by atoms with E-state index in [1.807, 2.05) is 18.4 Å². The summed E-state index contributed by atoms with van der Waals surface area (Å²) in [6, 6.07) is 2.29. The number of guanidine groups is 1. The summed E-state index contributed by atoms with van der Waals surface area (Å²) in [5, 5.41) is 5.84. The van der Waals surface area contributed by atoms with Crippen LogP contribution in [0.2, 0.25) is 0 Å². The fourth-order valence-corrected chi connectivity index (χ4v) is 6.18. The normalized spacial score (nSPS) is 33.1. The molecule has 0 radical (unpaired) electrons. The number of hydrogen-bond donors (Lipinski definition) is 1. The van der Waals surface area contributed by atoms with Crippen LogP contribution in [-0.2, 0) is 17.7 Å². The van der Waals surface area contributed by atoms with Crippen molar-refractivity contribution in [3.8, 4) is 0 Å². The molecule has 4 aliphatic rings. The predicted molar refractivity (Wildman–Crippen MR) is 117 cm³/mol. The van der Waals surface area contributed by atoms with Gasteiger partial charge in [0.25, 0.3) is 0 Å². The van der Waals surface area contributed by atoms with Gasteiger partial charge in [-0.2, -0.15) is 0 Å². The molecule has 5 rings (SSSR count). The molecular formula is C19H29IN4OS. The van der Waals surface area contributed by atoms with Crippen LogP contribution in [-0.4, -0.2) is 67.7 Å². The lowest BCUT2D eigenvalue weighted by Crippen LogP contribution is -2.44. The molecule has 0 aromatic carbocycles. The molecule has 144 valence electrons. The number of ether oxygens (including phenoxy) is 1. The number of hydrogen-bond acceptors (Lipinski definition) is 4. The minimum Gasteiger partial charge on any atom is -0.374 e. The van der Waals surface area contributed by atoms with Crippen molar-refractivity contribution in [1.82, 2.24) is 15.1 Å². The molecule has 0 amide bonds. The first-order chi connectivity index (χ1) is 12.3. The van der Waals surface area contributed by atoms with Gasteiger partial charge in [0.05, 0.1) is 12.2 Å². The maximum absolute atomic E-state index is 6.09. The van der Waals surface area contributed by atoms with Gasteiger partial charge >= 0.3 is 0 Å². The van der Waals surface area contributed by atoms with E-state index in [2.05, 4.69) is 31.6 Å². The molecule has 1 aromatic heterocycles. The first-order valence-corrected chi connectivity index (χ1v) is 10.6. The Labute approximate surface area is 177 Å². The second-order valence-corrected chi connectivity index (χ2v) is 8.89. The molecule has 7 heteroatoms. The smallest absolute Gasteiger partial charge is 0.193 e. The molecule has 1 N–H and O–H groups in total. The van der Waals surface area contributed by atoms with Crippen molar-refractivity contribution in [2.75, 3.05) is 39.8 Å². The lowest BCUT2D eigenvalue weighted by atomic mass is 9.82. The van der Waals surface area contributed by atoms with Gasteiger partial charge in [-0.1, -0.05) is 0 Å². The van der Waals surface area contributed by atoms with Crippen molar-refractivity contribution in [2.45, 2.75) is 38.0 Å². The topological polar surface area (TPSA) is 40.1 Å². The van der Waals surface area contributed by atoms with E-state index < -0.39 is 0 Å². The van der Waals surface area contributed by atoms with Gasteiger partial charge in [0.2, 0.25) is 0 Å². The Balaban J connectivity index is 0.00000168. The quantitative estimate of drug-likeness (QED) is 0.403. The van der Waals surface area contributed by atoms with Crippen molar-refractivity contribution in [2.24, 2.45) is 16.8 Å². The number of halogens is 1. The van der Waals surface area contributed by atoms with Crippen LogP contribution in [0.4, 0.5) is 0 Å². The van der Waals surface area contributed by atoms with Crippen molar-refractivity contribution in [3.63, 3.8) is 0 Å². The predicted octanol–water partition coefficient (Wildman–Crippen LogP) is 2.41. The van der Waals surface area contributed by atoms with Gasteiger partial charge in [-0.15, -0.1) is 35.3 Å². The largest absolute Gasteiger partial charge is 0.374 e. The minimum atomic E-state index is 0. The Morgan fingerprint density at radius 2 is 2.08 bits per heavy atom. The summed E-state index contributed by atoms with van der Waals surface area (Å²) in [6.45, 7) is 6.59. The third-order valence-corrected chi connectivity index (χ3v) is 7.58. The van der Waals surface area contributed by atoms with E-state index in [4.69, 9.17) is 4.74 Å². The molecule has 0 saturated carbocycles. The number of likely N-dealkylation sites (tertiary alicyclic amines) is 1. The molecule has 5 nitrogen and oxygen atoms in total. The number of aliphatic imine (C=N–C) groups is 1. The zero-order valence-electron chi connectivity index (χ0n) is 15.4. The first kappa shape index (κ1) is 19.0. The Morgan fingerprint density at radius 1 is 1.31 bits per heavy atom. The van der Waals surface area contributed by atoms with E-state index in [0.29, 0.717) is 12.2 Å². The number of nitrogens with one attached hydrogen (secondary N) is 1. The van der Waals surface area contributed by atoms with Crippen LogP contribution in [0.15, 0.2) is 16.4 Å². The number of thiophene rings is 1. The lowest BCUT2D eigenvalue weighted by molar-refractivity contribution is 0.0767. The van der Waals surface area contributed by atoms with Crippen LogP contribution in [0.1, 0.15) is 23.3 Å². The van der Waals surface area contributed by atoms with E-state index in [1.165, 1.54) is 31.4 Å². The Morgan fingerprint density at radius 3 is 2.81 bits per heavy atom. The van der Waals surface area contributed by atoms with Gasteiger partial charge in [-0.3, -0.25) is 9.89 Å². The molecule has 5 heterocycles. The highest BCUT2D eigenvalue weighted by Crippen LogP contribution is 2.47. The number of rotatable bonds is 3. The average Bonchev–Trinajstić information content (AvgIpc) is 3.39. The van der Waals surface area contributed by atoms with Gasteiger partial charge in [0.1, 0.15) is 0 Å². The van der Waals surface area contributed by atoms with E-state index >= 15 is 0 Å². The van der Waals surface area contributed by atoms with Gasteiger partial charge < -0.3 is 15.0 Å². The molecule has 1 aromatic rings. The van der Waals surface area contributed by atoms with Crippen molar-refractivity contribution < 1.29 is 4.74 Å². The fraction of sp³-hybridized carbons (Fsp3) is 0.737. The van der Waals surface area contributed by atoms with Crippen molar-refractivity contribution in [1.29, 1.82) is 0 Å². The van der Waals surface area contributed by atoms with Gasteiger partial charge in [0, 0.05) is 63.0 Å². The summed E-state index contributed by atoms with van der Waals surface area (Å²) in [5.74, 6) is 2.55. The molecule has 0 aliphatic carbocycles. The van der Waals surface area contributed by atoms with Gasteiger partial charge in [-0.25, -0.2) is 0 Å². The summed E-state index contributed by atoms with van der Waals surface area (Å²) < 4.78 is 6.09. The molecule has 3 fully saturated rings. The summed E-state index contributed by atoms with van der Waals surface area (Å²) in [5.41, 5.74) is 1.53. The zero-order valence-corrected chi connectivity index (χ0v) is 18.5. The molecule has 26 heavy (non-hydrogen) atoms. The summed E-state index contributed by atoms with van der Waals surface area (Å²) in [4.78, 5) is 11.2. The third-order valence-electron chi connectivity index (χ3n) is 6.56. The molecule has 4 atom stereocenters. The van der Waals surface area contributed by atoms with Crippen molar-refractivity contribution in [3.05, 3.63) is 21.9 Å². The van der Waals surface area contributed by atoms with Crippen LogP contribution < -0.4 is 5.32 Å².